The fraction of sp³-hybridized carbons (Fsp3) is 0.200. The molecule has 18 heavy (non-hydrogen) atoms. The lowest BCUT2D eigenvalue weighted by atomic mass is 9.99. The van der Waals surface area contributed by atoms with Crippen LogP contribution < -0.4 is 5.73 Å². The molecule has 0 amide bonds. The van der Waals surface area contributed by atoms with Crippen molar-refractivity contribution in [2.24, 2.45) is 5.73 Å². The van der Waals surface area contributed by atoms with E-state index in [1.807, 2.05) is 49.4 Å². The Morgan fingerprint density at radius 2 is 1.78 bits per heavy atom. The second-order valence-corrected chi connectivity index (χ2v) is 5.24. The van der Waals surface area contributed by atoms with Crippen molar-refractivity contribution in [1.29, 1.82) is 0 Å². The summed E-state index contributed by atoms with van der Waals surface area (Å²) in [6.45, 7) is 2.02. The minimum Gasteiger partial charge on any atom is -0.324 e. The molecule has 0 saturated carbocycles. The summed E-state index contributed by atoms with van der Waals surface area (Å²) >= 11 is 12.3. The molecule has 0 bridgehead atoms. The van der Waals surface area contributed by atoms with Crippen molar-refractivity contribution in [1.82, 2.24) is 0 Å². The van der Waals surface area contributed by atoms with Crippen LogP contribution in [0.4, 0.5) is 0 Å². The zero-order chi connectivity index (χ0) is 13.1. The van der Waals surface area contributed by atoms with E-state index in [0.717, 1.165) is 21.7 Å². The van der Waals surface area contributed by atoms with Gasteiger partial charge in [-0.25, -0.2) is 0 Å². The van der Waals surface area contributed by atoms with Crippen LogP contribution >= 0.6 is 23.2 Å². The zero-order valence-corrected chi connectivity index (χ0v) is 11.7. The smallest absolute Gasteiger partial charge is 0.0453 e. The van der Waals surface area contributed by atoms with Gasteiger partial charge in [0, 0.05) is 16.1 Å². The van der Waals surface area contributed by atoms with Crippen LogP contribution in [0.5, 0.6) is 0 Å². The van der Waals surface area contributed by atoms with Gasteiger partial charge in [0.15, 0.2) is 0 Å². The van der Waals surface area contributed by atoms with Gasteiger partial charge in [-0.2, -0.15) is 0 Å². The van der Waals surface area contributed by atoms with Crippen molar-refractivity contribution in [2.45, 2.75) is 19.4 Å². The maximum absolute atomic E-state index is 6.21. The molecule has 0 aliphatic heterocycles. The third-order valence-electron chi connectivity index (χ3n) is 2.95. The topological polar surface area (TPSA) is 26.0 Å². The molecule has 0 radical (unpaired) electrons. The summed E-state index contributed by atoms with van der Waals surface area (Å²) < 4.78 is 0. The highest BCUT2D eigenvalue weighted by Gasteiger charge is 2.12. The van der Waals surface area contributed by atoms with Crippen LogP contribution in [0.15, 0.2) is 42.5 Å². The fourth-order valence-electron chi connectivity index (χ4n) is 1.94. The van der Waals surface area contributed by atoms with E-state index in [9.17, 15) is 0 Å². The molecule has 2 aromatic carbocycles. The number of halogens is 2. The van der Waals surface area contributed by atoms with E-state index in [1.165, 1.54) is 0 Å². The highest BCUT2D eigenvalue weighted by molar-refractivity contribution is 6.31. The van der Waals surface area contributed by atoms with Crippen molar-refractivity contribution in [3.05, 3.63) is 69.2 Å². The van der Waals surface area contributed by atoms with E-state index in [1.54, 1.807) is 0 Å². The van der Waals surface area contributed by atoms with Crippen LogP contribution in [0, 0.1) is 6.92 Å². The van der Waals surface area contributed by atoms with E-state index in [-0.39, 0.29) is 6.04 Å². The fourth-order valence-corrected chi connectivity index (χ4v) is 2.53. The molecule has 0 aliphatic rings. The van der Waals surface area contributed by atoms with Gasteiger partial charge in [-0.05, 0) is 42.2 Å². The van der Waals surface area contributed by atoms with Gasteiger partial charge in [0.05, 0.1) is 0 Å². The van der Waals surface area contributed by atoms with E-state index in [0.29, 0.717) is 11.4 Å². The Kier molecular flexibility index (Phi) is 4.28. The molecule has 2 rings (SSSR count). The van der Waals surface area contributed by atoms with E-state index >= 15 is 0 Å². The van der Waals surface area contributed by atoms with Gasteiger partial charge in [-0.15, -0.1) is 0 Å². The van der Waals surface area contributed by atoms with Crippen molar-refractivity contribution in [2.75, 3.05) is 0 Å². The summed E-state index contributed by atoms with van der Waals surface area (Å²) in [5, 5.41) is 1.46. The van der Waals surface area contributed by atoms with Crippen LogP contribution in [-0.2, 0) is 6.42 Å². The lowest BCUT2D eigenvalue weighted by Crippen LogP contribution is -2.14. The van der Waals surface area contributed by atoms with Gasteiger partial charge < -0.3 is 5.73 Å². The number of nitrogens with two attached hydrogens (primary N) is 1. The molecule has 1 unspecified atom stereocenters. The van der Waals surface area contributed by atoms with Crippen LogP contribution in [0.2, 0.25) is 10.0 Å². The first-order chi connectivity index (χ1) is 8.58. The third kappa shape index (κ3) is 3.05. The normalized spacial score (nSPS) is 12.4. The summed E-state index contributed by atoms with van der Waals surface area (Å²) in [5.74, 6) is 0. The molecule has 2 N–H and O–H groups in total. The molecule has 1 nitrogen and oxygen atoms in total. The van der Waals surface area contributed by atoms with Gasteiger partial charge in [-0.3, -0.25) is 0 Å². The Balaban J connectivity index is 2.21. The highest BCUT2D eigenvalue weighted by Crippen LogP contribution is 2.26. The van der Waals surface area contributed by atoms with E-state index in [4.69, 9.17) is 28.9 Å². The molecule has 0 aromatic heterocycles. The number of benzene rings is 2. The molecule has 0 aliphatic carbocycles. The number of aryl methyl sites for hydroxylation is 1. The Morgan fingerprint density at radius 3 is 2.44 bits per heavy atom. The maximum Gasteiger partial charge on any atom is 0.0453 e. The summed E-state index contributed by atoms with van der Waals surface area (Å²) in [6, 6.07) is 13.5. The van der Waals surface area contributed by atoms with Gasteiger partial charge in [0.25, 0.3) is 0 Å². The predicted octanol–water partition coefficient (Wildman–Crippen LogP) is 4.54. The monoisotopic (exact) mass is 279 g/mol. The molecule has 3 heteroatoms. The SMILES string of the molecule is Cc1ccc(CC(N)c2ccccc2Cl)c(Cl)c1. The third-order valence-corrected chi connectivity index (χ3v) is 3.65. The van der Waals surface area contributed by atoms with Gasteiger partial charge in [-0.1, -0.05) is 53.5 Å². The lowest BCUT2D eigenvalue weighted by Gasteiger charge is -2.15. The van der Waals surface area contributed by atoms with Gasteiger partial charge >= 0.3 is 0 Å². The molecule has 94 valence electrons. The second kappa shape index (κ2) is 5.75. The summed E-state index contributed by atoms with van der Waals surface area (Å²) in [7, 11) is 0. The summed E-state index contributed by atoms with van der Waals surface area (Å²) in [6.07, 6.45) is 0.683. The highest BCUT2D eigenvalue weighted by atomic mass is 35.5. The number of rotatable bonds is 3. The molecule has 2 aromatic rings. The molecule has 0 spiro atoms. The van der Waals surface area contributed by atoms with Crippen molar-refractivity contribution >= 4 is 23.2 Å². The number of hydrogen-bond donors (Lipinski definition) is 1. The minimum absolute atomic E-state index is 0.140. The van der Waals surface area contributed by atoms with Gasteiger partial charge in [0.1, 0.15) is 0 Å². The summed E-state index contributed by atoms with van der Waals surface area (Å²) in [4.78, 5) is 0. The first kappa shape index (κ1) is 13.4. The standard InChI is InChI=1S/C15H15Cl2N/c1-10-6-7-11(14(17)8-10)9-15(18)12-4-2-3-5-13(12)16/h2-8,15H,9,18H2,1H3. The first-order valence-electron chi connectivity index (χ1n) is 5.83. The Bertz CT molecular complexity index is 552. The molecule has 1 atom stereocenters. The molecule has 0 saturated heterocycles. The van der Waals surface area contributed by atoms with Crippen LogP contribution in [0.1, 0.15) is 22.7 Å². The predicted molar refractivity (Wildman–Crippen MR) is 78.3 cm³/mol. The number of hydrogen-bond acceptors (Lipinski definition) is 1. The molecular weight excluding hydrogens is 265 g/mol. The lowest BCUT2D eigenvalue weighted by molar-refractivity contribution is 0.722. The Hall–Kier alpha value is -1.02. The first-order valence-corrected chi connectivity index (χ1v) is 6.58. The van der Waals surface area contributed by atoms with Crippen molar-refractivity contribution < 1.29 is 0 Å². The van der Waals surface area contributed by atoms with Crippen LogP contribution in [0.3, 0.4) is 0 Å². The average molecular weight is 280 g/mol. The van der Waals surface area contributed by atoms with E-state index < -0.39 is 0 Å². The maximum atomic E-state index is 6.21. The Morgan fingerprint density at radius 1 is 1.06 bits per heavy atom. The van der Waals surface area contributed by atoms with Crippen molar-refractivity contribution in [3.8, 4) is 0 Å². The van der Waals surface area contributed by atoms with Crippen molar-refractivity contribution in [3.63, 3.8) is 0 Å². The summed E-state index contributed by atoms with van der Waals surface area (Å²) in [5.41, 5.74) is 9.35. The second-order valence-electron chi connectivity index (χ2n) is 4.43. The van der Waals surface area contributed by atoms with Gasteiger partial charge in [0.2, 0.25) is 0 Å². The van der Waals surface area contributed by atoms with Crippen LogP contribution in [-0.4, -0.2) is 0 Å². The molecular formula is C15H15Cl2N. The van der Waals surface area contributed by atoms with E-state index in [2.05, 4.69) is 0 Å². The molecule has 0 fully saturated rings. The average Bonchev–Trinajstić information content (AvgIpc) is 2.33. The largest absolute Gasteiger partial charge is 0.324 e. The van der Waals surface area contributed by atoms with Crippen LogP contribution in [0.25, 0.3) is 0 Å². The Labute approximate surface area is 118 Å². The quantitative estimate of drug-likeness (QED) is 0.877. The minimum atomic E-state index is -0.140. The zero-order valence-electron chi connectivity index (χ0n) is 10.2. The molecule has 0 heterocycles.